The number of carbonyl (C=O) groups excluding carboxylic acids is 1. The van der Waals surface area contributed by atoms with Crippen LogP contribution in [0.2, 0.25) is 0 Å². The Labute approximate surface area is 205 Å². The van der Waals surface area contributed by atoms with E-state index in [0.29, 0.717) is 49.6 Å². The van der Waals surface area contributed by atoms with Crippen LogP contribution in [0.1, 0.15) is 48.2 Å². The predicted octanol–water partition coefficient (Wildman–Crippen LogP) is 2.83. The number of hydrogen-bond acceptors (Lipinski definition) is 7. The van der Waals surface area contributed by atoms with E-state index in [0.717, 1.165) is 24.3 Å². The molecular formula is C25H26F3N5O3. The van der Waals surface area contributed by atoms with Gasteiger partial charge in [0.2, 0.25) is 5.56 Å². The van der Waals surface area contributed by atoms with Crippen LogP contribution in [0.15, 0.2) is 50.7 Å². The van der Waals surface area contributed by atoms with Crippen LogP contribution in [-0.4, -0.2) is 65.4 Å². The number of allylic oxidation sites excluding steroid dienone is 2. The standard InChI is InChI=1S/C25H26F3N5O3/c26-25(27,28)15-4-6-17-18(12-15)31-22(30-17)14-2-1-3-19(29-13-14)33-10-8-24(9-11-33)21-16(23(35)36-24)5-7-20(34)32-21/h2,4-7,15,17-18H,1,3,8-13H2,(H,30,31)(H,32,34). The smallest absolute Gasteiger partial charge is 0.395 e. The van der Waals surface area contributed by atoms with E-state index < -0.39 is 23.7 Å². The van der Waals surface area contributed by atoms with E-state index in [1.54, 1.807) is 6.08 Å². The summed E-state index contributed by atoms with van der Waals surface area (Å²) in [5, 5.41) is 3.21. The van der Waals surface area contributed by atoms with Gasteiger partial charge in [-0.25, -0.2) is 4.79 Å². The fourth-order valence-corrected chi connectivity index (χ4v) is 5.82. The van der Waals surface area contributed by atoms with Crippen molar-refractivity contribution in [2.75, 3.05) is 19.6 Å². The normalized spacial score (nSPS) is 29.0. The van der Waals surface area contributed by atoms with Gasteiger partial charge in [-0.2, -0.15) is 13.2 Å². The highest BCUT2D eigenvalue weighted by Gasteiger charge is 2.49. The van der Waals surface area contributed by atoms with Gasteiger partial charge >= 0.3 is 12.1 Å². The summed E-state index contributed by atoms with van der Waals surface area (Å²) >= 11 is 0. The second-order valence-electron chi connectivity index (χ2n) is 9.97. The minimum Gasteiger partial charge on any atom is -0.449 e. The zero-order valence-electron chi connectivity index (χ0n) is 19.5. The Kier molecular flexibility index (Phi) is 5.34. The molecule has 0 amide bonds. The quantitative estimate of drug-likeness (QED) is 0.456. The minimum absolute atomic E-state index is 0.0199. The zero-order valence-corrected chi connectivity index (χ0v) is 19.5. The average Bonchev–Trinajstić information content (AvgIpc) is 3.26. The van der Waals surface area contributed by atoms with Crippen molar-refractivity contribution < 1.29 is 22.7 Å². The van der Waals surface area contributed by atoms with Gasteiger partial charge in [-0.15, -0.1) is 0 Å². The number of amidine groups is 2. The fraction of sp³-hybridized carbons (Fsp3) is 0.520. The van der Waals surface area contributed by atoms with Crippen LogP contribution in [-0.2, 0) is 10.3 Å². The molecule has 5 heterocycles. The van der Waals surface area contributed by atoms with Crippen LogP contribution in [0, 0.1) is 5.92 Å². The van der Waals surface area contributed by atoms with Crippen molar-refractivity contribution in [1.29, 1.82) is 0 Å². The van der Waals surface area contributed by atoms with E-state index in [-0.39, 0.29) is 24.1 Å². The second-order valence-corrected chi connectivity index (χ2v) is 9.97. The number of nitrogens with zero attached hydrogens (tertiary/aromatic N) is 3. The average molecular weight is 502 g/mol. The molecule has 3 atom stereocenters. The van der Waals surface area contributed by atoms with E-state index in [2.05, 4.69) is 26.3 Å². The predicted molar refractivity (Wildman–Crippen MR) is 126 cm³/mol. The third-order valence-corrected chi connectivity index (χ3v) is 7.79. The third-order valence-electron chi connectivity index (χ3n) is 7.79. The van der Waals surface area contributed by atoms with Crippen LogP contribution in [0.25, 0.3) is 0 Å². The number of likely N-dealkylation sites (tertiary alicyclic amines) is 1. The van der Waals surface area contributed by atoms with Crippen molar-refractivity contribution in [2.24, 2.45) is 15.9 Å². The van der Waals surface area contributed by atoms with Gasteiger partial charge in [0.1, 0.15) is 5.84 Å². The number of ether oxygens (including phenoxy) is 1. The van der Waals surface area contributed by atoms with Gasteiger partial charge in [-0.3, -0.25) is 14.8 Å². The number of aromatic nitrogens is 1. The van der Waals surface area contributed by atoms with E-state index >= 15 is 0 Å². The Morgan fingerprint density at radius 2 is 1.94 bits per heavy atom. The molecule has 0 radical (unpaired) electrons. The lowest BCUT2D eigenvalue weighted by molar-refractivity contribution is -0.164. The first-order valence-corrected chi connectivity index (χ1v) is 12.3. The summed E-state index contributed by atoms with van der Waals surface area (Å²) in [7, 11) is 0. The van der Waals surface area contributed by atoms with Gasteiger partial charge in [0, 0.05) is 44.0 Å². The number of carbonyl (C=O) groups is 1. The van der Waals surface area contributed by atoms with Gasteiger partial charge in [-0.1, -0.05) is 18.2 Å². The molecule has 8 nitrogen and oxygen atoms in total. The number of aliphatic imine (C=N–C) groups is 2. The van der Waals surface area contributed by atoms with E-state index in [1.165, 1.54) is 18.2 Å². The van der Waals surface area contributed by atoms with Crippen LogP contribution in [0.4, 0.5) is 13.2 Å². The molecular weight excluding hydrogens is 475 g/mol. The minimum atomic E-state index is -4.24. The molecule has 1 spiro atoms. The maximum Gasteiger partial charge on any atom is 0.395 e. The summed E-state index contributed by atoms with van der Waals surface area (Å²) in [5.41, 5.74) is 0.832. The number of halogens is 3. The molecule has 4 aliphatic heterocycles. The second kappa shape index (κ2) is 8.35. The Balaban J connectivity index is 1.10. The number of pyridine rings is 1. The van der Waals surface area contributed by atoms with Crippen molar-refractivity contribution in [3.05, 3.63) is 57.5 Å². The lowest BCUT2D eigenvalue weighted by Gasteiger charge is -2.39. The Hall–Kier alpha value is -3.37. The molecule has 5 aliphatic rings. The van der Waals surface area contributed by atoms with E-state index in [9.17, 15) is 22.8 Å². The molecule has 0 saturated carbocycles. The summed E-state index contributed by atoms with van der Waals surface area (Å²) < 4.78 is 45.2. The van der Waals surface area contributed by atoms with Gasteiger partial charge in [-0.05, 0) is 18.9 Å². The summed E-state index contributed by atoms with van der Waals surface area (Å²) in [6.07, 6.45) is 3.18. The first-order chi connectivity index (χ1) is 17.2. The van der Waals surface area contributed by atoms with Crippen LogP contribution < -0.4 is 10.9 Å². The first kappa shape index (κ1) is 23.1. The topological polar surface area (TPSA) is 99.1 Å². The molecule has 1 aromatic rings. The summed E-state index contributed by atoms with van der Waals surface area (Å²) in [6, 6.07) is 2.22. The van der Waals surface area contributed by atoms with Gasteiger partial charge in [0.15, 0.2) is 5.60 Å². The Morgan fingerprint density at radius 3 is 2.72 bits per heavy atom. The number of esters is 1. The number of alkyl halides is 3. The molecule has 0 bridgehead atoms. The Morgan fingerprint density at radius 1 is 1.14 bits per heavy atom. The largest absolute Gasteiger partial charge is 0.449 e. The number of H-pyrrole nitrogens is 1. The van der Waals surface area contributed by atoms with Gasteiger partial charge in [0.25, 0.3) is 0 Å². The number of piperidine rings is 1. The molecule has 0 aromatic carbocycles. The zero-order chi connectivity index (χ0) is 25.1. The van der Waals surface area contributed by atoms with Gasteiger partial charge in [0.05, 0.1) is 41.6 Å². The van der Waals surface area contributed by atoms with Crippen LogP contribution in [0.3, 0.4) is 0 Å². The summed E-state index contributed by atoms with van der Waals surface area (Å²) in [5.74, 6) is -0.259. The van der Waals surface area contributed by atoms with Crippen molar-refractivity contribution in [3.63, 3.8) is 0 Å². The van der Waals surface area contributed by atoms with Crippen molar-refractivity contribution in [1.82, 2.24) is 15.2 Å². The molecule has 1 aliphatic carbocycles. The fourth-order valence-electron chi connectivity index (χ4n) is 5.82. The number of rotatable bonds is 1. The van der Waals surface area contributed by atoms with Crippen LogP contribution in [0.5, 0.6) is 0 Å². The highest BCUT2D eigenvalue weighted by Crippen LogP contribution is 2.43. The highest BCUT2D eigenvalue weighted by molar-refractivity contribution is 6.01. The van der Waals surface area contributed by atoms with Crippen molar-refractivity contribution in [2.45, 2.75) is 56.0 Å². The van der Waals surface area contributed by atoms with Gasteiger partial charge < -0.3 is 19.9 Å². The molecule has 36 heavy (non-hydrogen) atoms. The lowest BCUT2D eigenvalue weighted by atomic mass is 9.87. The maximum atomic E-state index is 13.1. The number of nitrogens with one attached hydrogen (secondary N) is 2. The van der Waals surface area contributed by atoms with Crippen molar-refractivity contribution in [3.8, 4) is 0 Å². The molecule has 190 valence electrons. The number of hydrogen-bond donors (Lipinski definition) is 2. The maximum absolute atomic E-state index is 13.1. The number of fused-ring (bicyclic) bond motifs is 3. The monoisotopic (exact) mass is 501 g/mol. The first-order valence-electron chi connectivity index (χ1n) is 12.3. The molecule has 6 rings (SSSR count). The third kappa shape index (κ3) is 3.94. The van der Waals surface area contributed by atoms with Crippen molar-refractivity contribution >= 4 is 17.6 Å². The van der Waals surface area contributed by atoms with Crippen LogP contribution >= 0.6 is 0 Å². The van der Waals surface area contributed by atoms with E-state index in [1.807, 2.05) is 0 Å². The molecule has 1 fully saturated rings. The molecule has 11 heteroatoms. The molecule has 1 saturated heterocycles. The summed E-state index contributed by atoms with van der Waals surface area (Å²) in [4.78, 5) is 38.7. The summed E-state index contributed by atoms with van der Waals surface area (Å²) in [6.45, 7) is 1.66. The number of aromatic amines is 1. The molecule has 2 N–H and O–H groups in total. The highest BCUT2D eigenvalue weighted by atomic mass is 19.4. The van der Waals surface area contributed by atoms with E-state index in [4.69, 9.17) is 9.73 Å². The molecule has 3 unspecified atom stereocenters. The SMILES string of the molecule is O=C1OC2(CCN(C3=NCC(C4=NC5C=CC(C(F)(F)F)CC5N4)=CCC3)CC2)c2[nH]c(=O)ccc21. The molecule has 1 aromatic heterocycles. The lowest BCUT2D eigenvalue weighted by Crippen LogP contribution is -2.46. The Bertz CT molecular complexity index is 1270.